The molecule has 0 bridgehead atoms. The predicted octanol–water partition coefficient (Wildman–Crippen LogP) is 3.09. The third-order valence-corrected chi connectivity index (χ3v) is 3.33. The molecule has 1 heterocycles. The quantitative estimate of drug-likeness (QED) is 0.869. The fourth-order valence-electron chi connectivity index (χ4n) is 1.62. The van der Waals surface area contributed by atoms with Crippen molar-refractivity contribution in [1.82, 2.24) is 4.98 Å². The van der Waals surface area contributed by atoms with E-state index in [1.54, 1.807) is 13.3 Å². The molecule has 3 nitrogen and oxygen atoms in total. The van der Waals surface area contributed by atoms with Gasteiger partial charge in [0.2, 0.25) is 0 Å². The Morgan fingerprint density at radius 3 is 3.00 bits per heavy atom. The van der Waals surface area contributed by atoms with Crippen LogP contribution >= 0.6 is 27.5 Å². The van der Waals surface area contributed by atoms with E-state index in [2.05, 4.69) is 26.2 Å². The van der Waals surface area contributed by atoms with Gasteiger partial charge in [0.25, 0.3) is 0 Å². The Morgan fingerprint density at radius 1 is 1.60 bits per heavy atom. The second-order valence-corrected chi connectivity index (χ2v) is 4.94. The molecule has 0 atom stereocenters. The average Bonchev–Trinajstić information content (AvgIpc) is 2.16. The van der Waals surface area contributed by atoms with Gasteiger partial charge in [-0.3, -0.25) is 0 Å². The Hall–Kier alpha value is -0.320. The predicted molar refractivity (Wildman–Crippen MR) is 64.4 cm³/mol. The summed E-state index contributed by atoms with van der Waals surface area (Å²) in [6.07, 6.45) is 4.13. The number of aromatic nitrogens is 1. The fraction of sp³-hybridized carbons (Fsp3) is 0.500. The molecule has 1 aromatic heterocycles. The minimum atomic E-state index is 0.390. The number of rotatable bonds is 3. The molecule has 0 aromatic carbocycles. The van der Waals surface area contributed by atoms with Crippen LogP contribution in [0.4, 0.5) is 5.69 Å². The molecule has 1 aliphatic carbocycles. The second kappa shape index (κ2) is 4.68. The lowest BCUT2D eigenvalue weighted by molar-refractivity contribution is 0.0328. The number of hydrogen-bond donors (Lipinski definition) is 1. The molecule has 1 aromatic rings. The zero-order valence-corrected chi connectivity index (χ0v) is 10.7. The Kier molecular flexibility index (Phi) is 3.49. The number of ether oxygens (including phenoxy) is 1. The highest BCUT2D eigenvalue weighted by Gasteiger charge is 2.29. The third kappa shape index (κ3) is 2.62. The molecule has 0 amide bonds. The van der Waals surface area contributed by atoms with Crippen molar-refractivity contribution >= 4 is 33.2 Å². The van der Waals surface area contributed by atoms with Gasteiger partial charge < -0.3 is 10.1 Å². The first-order valence-corrected chi connectivity index (χ1v) is 5.96. The summed E-state index contributed by atoms with van der Waals surface area (Å²) in [7, 11) is 1.74. The van der Waals surface area contributed by atoms with Gasteiger partial charge in [-0.05, 0) is 34.8 Å². The van der Waals surface area contributed by atoms with E-state index in [1.807, 2.05) is 6.07 Å². The molecule has 1 aliphatic rings. The van der Waals surface area contributed by atoms with Crippen LogP contribution < -0.4 is 5.32 Å². The van der Waals surface area contributed by atoms with E-state index in [0.717, 1.165) is 23.0 Å². The standard InChI is InChI=1S/C10H12BrClN2O/c1-15-8-3-7(4-8)14-9-2-6(11)5-13-10(9)12/h2,5,7-8,14H,3-4H2,1H3. The van der Waals surface area contributed by atoms with Crippen LogP contribution in [0.25, 0.3) is 0 Å². The third-order valence-electron chi connectivity index (χ3n) is 2.59. The maximum Gasteiger partial charge on any atom is 0.152 e. The molecule has 1 fully saturated rings. The second-order valence-electron chi connectivity index (χ2n) is 3.66. The van der Waals surface area contributed by atoms with E-state index in [9.17, 15) is 0 Å². The topological polar surface area (TPSA) is 34.1 Å². The number of pyridine rings is 1. The summed E-state index contributed by atoms with van der Waals surface area (Å²) < 4.78 is 6.14. The van der Waals surface area contributed by atoms with Crippen LogP contribution in [0, 0.1) is 0 Å². The Bertz CT molecular complexity index is 355. The maximum absolute atomic E-state index is 5.97. The van der Waals surface area contributed by atoms with Crippen LogP contribution in [0.1, 0.15) is 12.8 Å². The fourth-order valence-corrected chi connectivity index (χ4v) is 2.11. The minimum Gasteiger partial charge on any atom is -0.381 e. The van der Waals surface area contributed by atoms with Crippen molar-refractivity contribution in [2.45, 2.75) is 25.0 Å². The number of methoxy groups -OCH3 is 1. The Morgan fingerprint density at radius 2 is 2.33 bits per heavy atom. The number of halogens is 2. The normalized spacial score (nSPS) is 24.7. The van der Waals surface area contributed by atoms with Crippen LogP contribution in [-0.2, 0) is 4.74 Å². The van der Waals surface area contributed by atoms with Crippen molar-refractivity contribution in [2.24, 2.45) is 0 Å². The van der Waals surface area contributed by atoms with Crippen LogP contribution in [0.3, 0.4) is 0 Å². The van der Waals surface area contributed by atoms with Crippen molar-refractivity contribution in [3.05, 3.63) is 21.9 Å². The van der Waals surface area contributed by atoms with Gasteiger partial charge in [0.1, 0.15) is 0 Å². The van der Waals surface area contributed by atoms with Gasteiger partial charge >= 0.3 is 0 Å². The van der Waals surface area contributed by atoms with Crippen molar-refractivity contribution in [1.29, 1.82) is 0 Å². The highest BCUT2D eigenvalue weighted by Crippen LogP contribution is 2.30. The van der Waals surface area contributed by atoms with E-state index < -0.39 is 0 Å². The van der Waals surface area contributed by atoms with Gasteiger partial charge in [-0.15, -0.1) is 0 Å². The summed E-state index contributed by atoms with van der Waals surface area (Å²) in [5, 5.41) is 3.86. The summed E-state index contributed by atoms with van der Waals surface area (Å²) in [6.45, 7) is 0. The van der Waals surface area contributed by atoms with Gasteiger partial charge in [-0.1, -0.05) is 11.6 Å². The molecule has 0 aliphatic heterocycles. The lowest BCUT2D eigenvalue weighted by Crippen LogP contribution is -2.40. The van der Waals surface area contributed by atoms with E-state index in [-0.39, 0.29) is 0 Å². The van der Waals surface area contributed by atoms with Gasteiger partial charge in [-0.2, -0.15) is 0 Å². The first kappa shape index (κ1) is 11.2. The number of nitrogens with one attached hydrogen (secondary N) is 1. The molecular weight excluding hydrogens is 279 g/mol. The monoisotopic (exact) mass is 290 g/mol. The SMILES string of the molecule is COC1CC(Nc2cc(Br)cnc2Cl)C1. The Balaban J connectivity index is 1.97. The van der Waals surface area contributed by atoms with Crippen LogP contribution in [0.5, 0.6) is 0 Å². The molecule has 0 unspecified atom stereocenters. The highest BCUT2D eigenvalue weighted by atomic mass is 79.9. The van der Waals surface area contributed by atoms with E-state index >= 15 is 0 Å². The van der Waals surface area contributed by atoms with Crippen molar-refractivity contribution in [3.8, 4) is 0 Å². The lowest BCUT2D eigenvalue weighted by atomic mass is 9.89. The molecule has 2 rings (SSSR count). The Labute approximate surface area is 102 Å². The van der Waals surface area contributed by atoms with Gasteiger partial charge in [0.15, 0.2) is 5.15 Å². The number of anilines is 1. The van der Waals surface area contributed by atoms with Gasteiger partial charge in [-0.25, -0.2) is 4.98 Å². The average molecular weight is 292 g/mol. The smallest absolute Gasteiger partial charge is 0.152 e. The molecular formula is C10H12BrClN2O. The number of hydrogen-bond acceptors (Lipinski definition) is 3. The summed E-state index contributed by atoms with van der Waals surface area (Å²) in [5.74, 6) is 0. The highest BCUT2D eigenvalue weighted by molar-refractivity contribution is 9.10. The molecule has 1 saturated carbocycles. The van der Waals surface area contributed by atoms with Crippen LogP contribution in [0.2, 0.25) is 5.15 Å². The van der Waals surface area contributed by atoms with Crippen molar-refractivity contribution in [2.75, 3.05) is 12.4 Å². The molecule has 82 valence electrons. The molecule has 0 saturated heterocycles. The van der Waals surface area contributed by atoms with Crippen molar-refractivity contribution < 1.29 is 4.74 Å². The van der Waals surface area contributed by atoms with Crippen LogP contribution in [0.15, 0.2) is 16.7 Å². The van der Waals surface area contributed by atoms with E-state index in [1.165, 1.54) is 0 Å². The molecule has 5 heteroatoms. The largest absolute Gasteiger partial charge is 0.381 e. The van der Waals surface area contributed by atoms with Crippen molar-refractivity contribution in [3.63, 3.8) is 0 Å². The molecule has 0 radical (unpaired) electrons. The lowest BCUT2D eigenvalue weighted by Gasteiger charge is -2.35. The minimum absolute atomic E-state index is 0.390. The zero-order chi connectivity index (χ0) is 10.8. The zero-order valence-electron chi connectivity index (χ0n) is 8.34. The first-order chi connectivity index (χ1) is 7.19. The van der Waals surface area contributed by atoms with Crippen LogP contribution in [-0.4, -0.2) is 24.2 Å². The number of nitrogens with zero attached hydrogens (tertiary/aromatic N) is 1. The van der Waals surface area contributed by atoms with E-state index in [0.29, 0.717) is 17.3 Å². The summed E-state index contributed by atoms with van der Waals surface area (Å²) in [6, 6.07) is 2.39. The molecule has 1 N–H and O–H groups in total. The summed E-state index contributed by atoms with van der Waals surface area (Å²) in [5.41, 5.74) is 0.880. The molecule has 0 spiro atoms. The first-order valence-electron chi connectivity index (χ1n) is 4.79. The van der Waals surface area contributed by atoms with Gasteiger partial charge in [0.05, 0.1) is 11.8 Å². The summed E-state index contributed by atoms with van der Waals surface area (Å²) in [4.78, 5) is 4.05. The molecule has 15 heavy (non-hydrogen) atoms. The van der Waals surface area contributed by atoms with E-state index in [4.69, 9.17) is 16.3 Å². The van der Waals surface area contributed by atoms with Gasteiger partial charge in [0, 0.05) is 23.8 Å². The maximum atomic E-state index is 5.97. The summed E-state index contributed by atoms with van der Waals surface area (Å²) >= 11 is 9.33.